The minimum Gasteiger partial charge on any atom is -0.347 e. The highest BCUT2D eigenvalue weighted by atomic mass is 32.2. The monoisotopic (exact) mass is 244 g/mol. The fraction of sp³-hybridized carbons (Fsp3) is 0.667. The van der Waals surface area contributed by atoms with E-state index in [4.69, 9.17) is 4.74 Å². The Hall–Kier alpha value is 0.140. The van der Waals surface area contributed by atoms with Gasteiger partial charge in [0.15, 0.2) is 4.27 Å². The molecule has 1 heterocycles. The van der Waals surface area contributed by atoms with Crippen LogP contribution in [0.5, 0.6) is 0 Å². The van der Waals surface area contributed by atoms with Gasteiger partial charge < -0.3 is 4.74 Å². The molecule has 0 saturated carbocycles. The van der Waals surface area contributed by atoms with Crippen LogP contribution in [-0.4, -0.2) is 23.4 Å². The molecular formula is C12H20OS2. The summed E-state index contributed by atoms with van der Waals surface area (Å²) in [5, 5.41) is 0. The molecule has 0 aromatic carbocycles. The van der Waals surface area contributed by atoms with E-state index in [1.165, 1.54) is 11.1 Å². The first-order valence-electron chi connectivity index (χ1n) is 5.20. The first kappa shape index (κ1) is 13.2. The Kier molecular flexibility index (Phi) is 5.30. The quantitative estimate of drug-likeness (QED) is 0.533. The van der Waals surface area contributed by atoms with Crippen LogP contribution < -0.4 is 0 Å². The van der Waals surface area contributed by atoms with E-state index in [9.17, 15) is 0 Å². The second-order valence-electron chi connectivity index (χ2n) is 3.92. The summed E-state index contributed by atoms with van der Waals surface area (Å²) < 4.78 is 5.71. The summed E-state index contributed by atoms with van der Waals surface area (Å²) in [4.78, 5) is 0. The summed E-state index contributed by atoms with van der Waals surface area (Å²) in [6.07, 6.45) is 11.1. The molecule has 1 rings (SSSR count). The Bertz CT molecular complexity index is 261. The third kappa shape index (κ3) is 3.89. The summed E-state index contributed by atoms with van der Waals surface area (Å²) in [5.74, 6) is 0. The number of rotatable bonds is 5. The minimum atomic E-state index is -0.111. The lowest BCUT2D eigenvalue weighted by Crippen LogP contribution is -2.15. The van der Waals surface area contributed by atoms with Gasteiger partial charge in [-0.2, -0.15) is 0 Å². The van der Waals surface area contributed by atoms with Crippen LogP contribution in [-0.2, 0) is 4.74 Å². The van der Waals surface area contributed by atoms with Crippen molar-refractivity contribution in [2.24, 2.45) is 0 Å². The molecule has 3 heteroatoms. The molecular weight excluding hydrogens is 224 g/mol. The molecule has 0 unspecified atom stereocenters. The van der Waals surface area contributed by atoms with Crippen LogP contribution in [0.25, 0.3) is 0 Å². The molecule has 0 aliphatic carbocycles. The molecule has 0 amide bonds. The number of allylic oxidation sites excluding steroid dienone is 2. The van der Waals surface area contributed by atoms with Crippen molar-refractivity contribution < 1.29 is 4.74 Å². The highest BCUT2D eigenvalue weighted by Crippen LogP contribution is 2.42. The third-order valence-electron chi connectivity index (χ3n) is 2.43. The molecule has 1 aliphatic rings. The van der Waals surface area contributed by atoms with Crippen LogP contribution in [0.4, 0.5) is 0 Å². The van der Waals surface area contributed by atoms with Gasteiger partial charge in [-0.25, -0.2) is 0 Å². The Balaban J connectivity index is 2.48. The van der Waals surface area contributed by atoms with Gasteiger partial charge in [0.1, 0.15) is 0 Å². The predicted molar refractivity (Wildman–Crippen MR) is 72.5 cm³/mol. The van der Waals surface area contributed by atoms with Crippen molar-refractivity contribution in [3.8, 4) is 0 Å². The molecule has 1 nitrogen and oxygen atoms in total. The van der Waals surface area contributed by atoms with Crippen LogP contribution >= 0.6 is 23.5 Å². The standard InChI is InChI=1S/C12H20OS2/c1-10(2)6-5-7-11-8-12(14-3,15-4)13-9-11/h6,8H,5,7,9H2,1-4H3. The molecule has 0 bridgehead atoms. The summed E-state index contributed by atoms with van der Waals surface area (Å²) in [5.41, 5.74) is 2.84. The highest BCUT2D eigenvalue weighted by Gasteiger charge is 2.31. The highest BCUT2D eigenvalue weighted by molar-refractivity contribution is 8.17. The van der Waals surface area contributed by atoms with Crippen molar-refractivity contribution in [2.75, 3.05) is 19.1 Å². The largest absolute Gasteiger partial charge is 0.347 e. The fourth-order valence-corrected chi connectivity index (χ4v) is 3.13. The lowest BCUT2D eigenvalue weighted by Gasteiger charge is -2.21. The average Bonchev–Trinajstić information content (AvgIpc) is 2.62. The van der Waals surface area contributed by atoms with E-state index >= 15 is 0 Å². The van der Waals surface area contributed by atoms with E-state index in [0.717, 1.165) is 19.4 Å². The zero-order valence-corrected chi connectivity index (χ0v) is 11.6. The second-order valence-corrected chi connectivity index (χ2v) is 6.21. The van der Waals surface area contributed by atoms with Gasteiger partial charge in [0.2, 0.25) is 0 Å². The summed E-state index contributed by atoms with van der Waals surface area (Å²) in [6, 6.07) is 0. The normalized spacial score (nSPS) is 18.8. The van der Waals surface area contributed by atoms with Crippen molar-refractivity contribution in [1.29, 1.82) is 0 Å². The van der Waals surface area contributed by atoms with Crippen LogP contribution in [0.1, 0.15) is 26.7 Å². The van der Waals surface area contributed by atoms with E-state index in [2.05, 4.69) is 38.5 Å². The second kappa shape index (κ2) is 6.02. The van der Waals surface area contributed by atoms with E-state index in [0.29, 0.717) is 0 Å². The third-order valence-corrected chi connectivity index (χ3v) is 5.04. The van der Waals surface area contributed by atoms with E-state index in [1.807, 2.05) is 0 Å². The van der Waals surface area contributed by atoms with Gasteiger partial charge in [-0.05, 0) is 50.8 Å². The fourth-order valence-electron chi connectivity index (χ4n) is 1.54. The molecule has 0 saturated heterocycles. The minimum absolute atomic E-state index is 0.111. The number of thioether (sulfide) groups is 2. The van der Waals surface area contributed by atoms with Gasteiger partial charge in [-0.3, -0.25) is 0 Å². The maximum absolute atomic E-state index is 5.82. The van der Waals surface area contributed by atoms with Gasteiger partial charge in [0, 0.05) is 0 Å². The van der Waals surface area contributed by atoms with Crippen LogP contribution in [0.2, 0.25) is 0 Å². The number of hydrogen-bond acceptors (Lipinski definition) is 3. The first-order chi connectivity index (χ1) is 7.12. The van der Waals surface area contributed by atoms with Crippen molar-refractivity contribution in [2.45, 2.75) is 31.0 Å². The van der Waals surface area contributed by atoms with Crippen molar-refractivity contribution >= 4 is 23.5 Å². The lowest BCUT2D eigenvalue weighted by molar-refractivity contribution is 0.162. The topological polar surface area (TPSA) is 9.23 Å². The van der Waals surface area contributed by atoms with E-state index in [-0.39, 0.29) is 4.27 Å². The smallest absolute Gasteiger partial charge is 0.179 e. The Morgan fingerprint density at radius 1 is 1.47 bits per heavy atom. The van der Waals surface area contributed by atoms with Gasteiger partial charge in [0.05, 0.1) is 6.61 Å². The van der Waals surface area contributed by atoms with Crippen molar-refractivity contribution in [1.82, 2.24) is 0 Å². The van der Waals surface area contributed by atoms with Gasteiger partial charge >= 0.3 is 0 Å². The van der Waals surface area contributed by atoms with Crippen molar-refractivity contribution in [3.05, 3.63) is 23.3 Å². The molecule has 0 N–H and O–H groups in total. The van der Waals surface area contributed by atoms with Crippen LogP contribution in [0.15, 0.2) is 23.3 Å². The number of hydrogen-bond donors (Lipinski definition) is 0. The average molecular weight is 244 g/mol. The van der Waals surface area contributed by atoms with Crippen molar-refractivity contribution in [3.63, 3.8) is 0 Å². The summed E-state index contributed by atoms with van der Waals surface area (Å²) >= 11 is 3.54. The van der Waals surface area contributed by atoms with Crippen LogP contribution in [0, 0.1) is 0 Å². The molecule has 0 spiro atoms. The first-order valence-corrected chi connectivity index (χ1v) is 7.65. The SMILES string of the molecule is CSC1(SC)C=C(CCC=C(C)C)CO1. The zero-order chi connectivity index (χ0) is 11.3. The Morgan fingerprint density at radius 2 is 2.13 bits per heavy atom. The zero-order valence-electron chi connectivity index (χ0n) is 10.0. The molecule has 0 fully saturated rings. The maximum atomic E-state index is 5.82. The molecule has 0 atom stereocenters. The molecule has 0 radical (unpaired) electrons. The van der Waals surface area contributed by atoms with Gasteiger partial charge in [-0.1, -0.05) is 11.6 Å². The summed E-state index contributed by atoms with van der Waals surface area (Å²) in [6.45, 7) is 5.10. The molecule has 15 heavy (non-hydrogen) atoms. The summed E-state index contributed by atoms with van der Waals surface area (Å²) in [7, 11) is 0. The maximum Gasteiger partial charge on any atom is 0.179 e. The van der Waals surface area contributed by atoms with Crippen LogP contribution in [0.3, 0.4) is 0 Å². The predicted octanol–water partition coefficient (Wildman–Crippen LogP) is 4.07. The molecule has 0 aromatic heterocycles. The van der Waals surface area contributed by atoms with Gasteiger partial charge in [-0.15, -0.1) is 23.5 Å². The lowest BCUT2D eigenvalue weighted by atomic mass is 10.1. The number of ether oxygens (including phenoxy) is 1. The van der Waals surface area contributed by atoms with E-state index < -0.39 is 0 Å². The molecule has 0 aromatic rings. The Morgan fingerprint density at radius 3 is 2.60 bits per heavy atom. The van der Waals surface area contributed by atoms with E-state index in [1.54, 1.807) is 23.5 Å². The molecule has 86 valence electrons. The van der Waals surface area contributed by atoms with Gasteiger partial charge in [0.25, 0.3) is 0 Å². The Labute approximate surface area is 102 Å². The molecule has 1 aliphatic heterocycles.